The van der Waals surface area contributed by atoms with E-state index < -0.39 is 22.9 Å². The van der Waals surface area contributed by atoms with Gasteiger partial charge in [-0.05, 0) is 37.5 Å². The molecule has 0 spiro atoms. The predicted octanol–water partition coefficient (Wildman–Crippen LogP) is 4.00. The minimum absolute atomic E-state index is 0.0272. The summed E-state index contributed by atoms with van der Waals surface area (Å²) in [4.78, 5) is 25.1. The lowest BCUT2D eigenvalue weighted by molar-refractivity contribution is -0.164. The molecule has 0 aromatic carbocycles. The zero-order valence-corrected chi connectivity index (χ0v) is 18.4. The van der Waals surface area contributed by atoms with E-state index in [9.17, 15) is 14.9 Å². The van der Waals surface area contributed by atoms with Crippen LogP contribution in [0.1, 0.15) is 60.8 Å². The predicted molar refractivity (Wildman–Crippen MR) is 106 cm³/mol. The summed E-state index contributed by atoms with van der Waals surface area (Å²) in [7, 11) is 0. The Bertz CT molecular complexity index is 760. The Morgan fingerprint density at radius 2 is 2.03 bits per heavy atom. The van der Waals surface area contributed by atoms with Crippen molar-refractivity contribution in [1.82, 2.24) is 0 Å². The topological polar surface area (TPSA) is 85.6 Å². The van der Waals surface area contributed by atoms with E-state index in [1.807, 2.05) is 27.7 Å². The molecule has 0 aromatic heterocycles. The van der Waals surface area contributed by atoms with Crippen molar-refractivity contribution in [1.29, 1.82) is 5.26 Å². The minimum Gasteiger partial charge on any atom is -0.488 e. The molecule has 2 aliphatic carbocycles. The van der Waals surface area contributed by atoms with Crippen LogP contribution in [0.5, 0.6) is 0 Å². The summed E-state index contributed by atoms with van der Waals surface area (Å²) in [6, 6.07) is 2.19. The maximum absolute atomic E-state index is 12.9. The van der Waals surface area contributed by atoms with E-state index in [0.717, 1.165) is 12.8 Å². The highest BCUT2D eigenvalue weighted by Gasteiger charge is 2.72. The molecule has 2 saturated carbocycles. The third-order valence-electron chi connectivity index (χ3n) is 7.36. The van der Waals surface area contributed by atoms with Crippen molar-refractivity contribution in [2.45, 2.75) is 73.0 Å². The molecular formula is C23H33NO5. The molecule has 3 aliphatic rings. The lowest BCUT2D eigenvalue weighted by Gasteiger charge is -2.40. The molecule has 6 unspecified atom stereocenters. The van der Waals surface area contributed by atoms with E-state index in [4.69, 9.17) is 14.2 Å². The van der Waals surface area contributed by atoms with Crippen LogP contribution in [0.2, 0.25) is 0 Å². The Hall–Kier alpha value is -2.03. The first kappa shape index (κ1) is 21.7. The van der Waals surface area contributed by atoms with Crippen molar-refractivity contribution < 1.29 is 23.8 Å². The van der Waals surface area contributed by atoms with Gasteiger partial charge in [0.15, 0.2) is 5.41 Å². The standard InChI is InChI=1S/C23H33NO5/c1-13(2)9-22(7,21(4,5)6)19(25)27-11-14(3)28-17-15-8-16-18(17)29-20(26)23(16,10-15)12-24/h13,15-18H,3,8-11H2,1-2,4-7H3. The first-order valence-electron chi connectivity index (χ1n) is 10.5. The lowest BCUT2D eigenvalue weighted by Crippen LogP contribution is -2.43. The van der Waals surface area contributed by atoms with E-state index >= 15 is 0 Å². The molecule has 3 fully saturated rings. The van der Waals surface area contributed by atoms with Crippen LogP contribution in [0.25, 0.3) is 0 Å². The largest absolute Gasteiger partial charge is 0.488 e. The van der Waals surface area contributed by atoms with Crippen molar-refractivity contribution in [2.24, 2.45) is 34.0 Å². The molecule has 29 heavy (non-hydrogen) atoms. The third-order valence-corrected chi connectivity index (χ3v) is 7.36. The molecule has 0 amide bonds. The third kappa shape index (κ3) is 3.33. The maximum atomic E-state index is 12.9. The van der Waals surface area contributed by atoms with Gasteiger partial charge in [-0.15, -0.1) is 0 Å². The van der Waals surface area contributed by atoms with Gasteiger partial charge in [-0.1, -0.05) is 41.2 Å². The van der Waals surface area contributed by atoms with Gasteiger partial charge in [-0.2, -0.15) is 5.26 Å². The number of ether oxygens (including phenoxy) is 3. The van der Waals surface area contributed by atoms with Crippen LogP contribution in [0.4, 0.5) is 0 Å². The number of esters is 2. The lowest BCUT2D eigenvalue weighted by atomic mass is 9.64. The number of carbonyl (C=O) groups excluding carboxylic acids is 2. The summed E-state index contributed by atoms with van der Waals surface area (Å²) in [5, 5.41) is 9.49. The summed E-state index contributed by atoms with van der Waals surface area (Å²) in [6.07, 6.45) is 1.22. The first-order chi connectivity index (χ1) is 13.4. The van der Waals surface area contributed by atoms with E-state index in [-0.39, 0.29) is 35.9 Å². The number of fused-ring (bicyclic) bond motifs is 1. The molecule has 0 aromatic rings. The van der Waals surface area contributed by atoms with E-state index in [2.05, 4.69) is 26.5 Å². The van der Waals surface area contributed by atoms with Crippen LogP contribution in [-0.2, 0) is 23.8 Å². The fourth-order valence-electron chi connectivity index (χ4n) is 5.33. The van der Waals surface area contributed by atoms with Gasteiger partial charge in [0.05, 0.1) is 11.5 Å². The normalized spacial score (nSPS) is 34.5. The summed E-state index contributed by atoms with van der Waals surface area (Å²) in [5.41, 5.74) is -1.87. The Balaban J connectivity index is 1.59. The van der Waals surface area contributed by atoms with Crippen LogP contribution >= 0.6 is 0 Å². The van der Waals surface area contributed by atoms with Gasteiger partial charge in [-0.25, -0.2) is 0 Å². The van der Waals surface area contributed by atoms with Gasteiger partial charge in [0.2, 0.25) is 0 Å². The highest BCUT2D eigenvalue weighted by atomic mass is 16.6. The monoisotopic (exact) mass is 403 g/mol. The van der Waals surface area contributed by atoms with Crippen molar-refractivity contribution in [3.05, 3.63) is 12.3 Å². The molecule has 3 rings (SSSR count). The zero-order valence-electron chi connectivity index (χ0n) is 18.4. The van der Waals surface area contributed by atoms with Crippen LogP contribution < -0.4 is 0 Å². The highest BCUT2D eigenvalue weighted by Crippen LogP contribution is 2.62. The van der Waals surface area contributed by atoms with Crippen LogP contribution in [0, 0.1) is 45.3 Å². The number of nitrogens with zero attached hydrogens (tertiary/aromatic N) is 1. The van der Waals surface area contributed by atoms with E-state index in [0.29, 0.717) is 18.1 Å². The molecule has 1 aliphatic heterocycles. The van der Waals surface area contributed by atoms with Gasteiger partial charge in [-0.3, -0.25) is 9.59 Å². The first-order valence-corrected chi connectivity index (χ1v) is 10.5. The second-order valence-corrected chi connectivity index (χ2v) is 10.6. The molecule has 1 saturated heterocycles. The fourth-order valence-corrected chi connectivity index (χ4v) is 5.33. The Kier molecular flexibility index (Phi) is 5.26. The molecule has 0 radical (unpaired) electrons. The SMILES string of the molecule is C=C(COC(=O)C(C)(CC(C)C)C(C)(C)C)OC1C2CC3C1OC(=O)C3(C#N)C2. The van der Waals surface area contributed by atoms with Crippen LogP contribution in [0.3, 0.4) is 0 Å². The molecular weight excluding hydrogens is 370 g/mol. The number of nitriles is 1. The van der Waals surface area contributed by atoms with E-state index in [1.54, 1.807) is 0 Å². The molecule has 160 valence electrons. The number of carbonyl (C=O) groups is 2. The van der Waals surface area contributed by atoms with Gasteiger partial charge in [0, 0.05) is 11.8 Å². The summed E-state index contributed by atoms with van der Waals surface area (Å²) >= 11 is 0. The summed E-state index contributed by atoms with van der Waals surface area (Å²) in [6.45, 7) is 16.2. The van der Waals surface area contributed by atoms with Gasteiger partial charge in [0.25, 0.3) is 0 Å². The minimum atomic E-state index is -0.992. The molecule has 6 heteroatoms. The molecule has 6 atom stereocenters. The Morgan fingerprint density at radius 1 is 1.38 bits per heavy atom. The highest BCUT2D eigenvalue weighted by molar-refractivity contribution is 5.84. The second-order valence-electron chi connectivity index (χ2n) is 10.6. The van der Waals surface area contributed by atoms with Crippen molar-refractivity contribution in [3.63, 3.8) is 0 Å². The second kappa shape index (κ2) is 7.04. The van der Waals surface area contributed by atoms with E-state index in [1.165, 1.54) is 0 Å². The molecule has 2 bridgehead atoms. The molecule has 1 heterocycles. The smallest absolute Gasteiger partial charge is 0.327 e. The zero-order chi connectivity index (χ0) is 21.8. The quantitative estimate of drug-likeness (QED) is 0.472. The van der Waals surface area contributed by atoms with Crippen LogP contribution in [0.15, 0.2) is 12.3 Å². The Labute approximate surface area is 173 Å². The number of hydrogen-bond donors (Lipinski definition) is 0. The summed E-state index contributed by atoms with van der Waals surface area (Å²) < 4.78 is 17.1. The fraction of sp³-hybridized carbons (Fsp3) is 0.783. The van der Waals surface area contributed by atoms with Crippen molar-refractivity contribution in [2.75, 3.05) is 6.61 Å². The van der Waals surface area contributed by atoms with Gasteiger partial charge in [0.1, 0.15) is 24.6 Å². The number of hydrogen-bond acceptors (Lipinski definition) is 6. The average Bonchev–Trinajstić information content (AvgIpc) is 3.20. The van der Waals surface area contributed by atoms with Gasteiger partial charge >= 0.3 is 11.9 Å². The van der Waals surface area contributed by atoms with Crippen LogP contribution in [-0.4, -0.2) is 30.8 Å². The Morgan fingerprint density at radius 3 is 2.59 bits per heavy atom. The van der Waals surface area contributed by atoms with Gasteiger partial charge < -0.3 is 14.2 Å². The maximum Gasteiger partial charge on any atom is 0.327 e. The molecule has 0 N–H and O–H groups in total. The number of rotatable bonds is 7. The average molecular weight is 404 g/mol. The summed E-state index contributed by atoms with van der Waals surface area (Å²) in [5.74, 6) is 0.00675. The van der Waals surface area contributed by atoms with Crippen molar-refractivity contribution >= 4 is 11.9 Å². The van der Waals surface area contributed by atoms with Crippen molar-refractivity contribution in [3.8, 4) is 6.07 Å². The molecule has 6 nitrogen and oxygen atoms in total.